The average Bonchev–Trinajstić information content (AvgIpc) is 3.12. The molecule has 3 aromatic rings. The van der Waals surface area contributed by atoms with Crippen LogP contribution in [-0.2, 0) is 28.1 Å². The van der Waals surface area contributed by atoms with Crippen molar-refractivity contribution in [3.8, 4) is 0 Å². The Labute approximate surface area is 158 Å². The number of carboxylic acid groups (broad SMARTS) is 1. The summed E-state index contributed by atoms with van der Waals surface area (Å²) in [4.78, 5) is 11.7. The third-order valence-electron chi connectivity index (χ3n) is 4.07. The molecule has 5 nitrogen and oxygen atoms in total. The summed E-state index contributed by atoms with van der Waals surface area (Å²) < 4.78 is 27.9. The lowest BCUT2D eigenvalue weighted by atomic mass is 10.0. The highest BCUT2D eigenvalue weighted by molar-refractivity contribution is 9.11. The van der Waals surface area contributed by atoms with E-state index in [2.05, 4.69) is 15.9 Å². The van der Waals surface area contributed by atoms with Crippen molar-refractivity contribution >= 4 is 54.0 Å². The van der Waals surface area contributed by atoms with Gasteiger partial charge < -0.3 is 9.67 Å². The first-order valence-electron chi connectivity index (χ1n) is 7.52. The second-order valence-corrected chi connectivity index (χ2v) is 10.6. The molecule has 132 valence electrons. The van der Waals surface area contributed by atoms with E-state index in [4.69, 9.17) is 0 Å². The predicted molar refractivity (Wildman–Crippen MR) is 102 cm³/mol. The number of nitrogens with zero attached hydrogens (tertiary/aromatic N) is 1. The first-order chi connectivity index (χ1) is 11.8. The monoisotopic (exact) mass is 441 g/mol. The Morgan fingerprint density at radius 2 is 2.00 bits per heavy atom. The molecule has 0 aliphatic heterocycles. The minimum absolute atomic E-state index is 0.169. The van der Waals surface area contributed by atoms with E-state index in [0.717, 1.165) is 27.8 Å². The van der Waals surface area contributed by atoms with Crippen LogP contribution in [0.15, 0.2) is 50.6 Å². The number of aliphatic carboxylic acids is 1. The van der Waals surface area contributed by atoms with E-state index >= 15 is 0 Å². The van der Waals surface area contributed by atoms with Crippen molar-refractivity contribution in [3.05, 3.63) is 51.9 Å². The summed E-state index contributed by atoms with van der Waals surface area (Å²) in [6.45, 7) is 0. The molecule has 8 heteroatoms. The number of aryl methyl sites for hydroxylation is 1. The second kappa shape index (κ2) is 6.93. The molecule has 2 aromatic heterocycles. The lowest BCUT2D eigenvalue weighted by Gasteiger charge is -2.11. The lowest BCUT2D eigenvalue weighted by molar-refractivity contribution is -0.140. The predicted octanol–water partition coefficient (Wildman–Crippen LogP) is 3.72. The molecule has 0 spiro atoms. The smallest absolute Gasteiger partial charge is 0.307 e. The fourth-order valence-electron chi connectivity index (χ4n) is 2.88. The molecule has 0 fully saturated rings. The third-order valence-corrected chi connectivity index (χ3v) is 8.09. The van der Waals surface area contributed by atoms with Gasteiger partial charge in [0.05, 0.1) is 15.5 Å². The van der Waals surface area contributed by atoms with Gasteiger partial charge >= 0.3 is 5.97 Å². The van der Waals surface area contributed by atoms with Crippen molar-refractivity contribution in [2.75, 3.05) is 5.75 Å². The molecule has 0 unspecified atom stereocenters. The van der Waals surface area contributed by atoms with E-state index in [1.807, 2.05) is 42.1 Å². The largest absolute Gasteiger partial charge is 0.481 e. The number of hydrogen-bond acceptors (Lipinski definition) is 4. The quantitative estimate of drug-likeness (QED) is 0.632. The van der Waals surface area contributed by atoms with E-state index in [9.17, 15) is 18.3 Å². The Morgan fingerprint density at radius 3 is 2.64 bits per heavy atom. The SMILES string of the molecule is Cn1cc(C[C@@H](CS(=O)(=O)c2ccc(Br)s2)C(=O)O)c2ccccc21. The van der Waals surface area contributed by atoms with E-state index in [1.54, 1.807) is 6.07 Å². The van der Waals surface area contributed by atoms with Crippen LogP contribution in [0, 0.1) is 5.92 Å². The Balaban J connectivity index is 1.90. The number of halogens is 1. The Morgan fingerprint density at radius 1 is 1.28 bits per heavy atom. The number of carboxylic acids is 1. The number of rotatable bonds is 6. The number of carbonyl (C=O) groups is 1. The molecular formula is C17H16BrNO4S2. The Hall–Kier alpha value is -1.64. The molecular weight excluding hydrogens is 426 g/mol. The van der Waals surface area contributed by atoms with E-state index in [0.29, 0.717) is 3.79 Å². The number of para-hydroxylation sites is 1. The van der Waals surface area contributed by atoms with Crippen LogP contribution < -0.4 is 0 Å². The van der Waals surface area contributed by atoms with Crippen LogP contribution in [0.25, 0.3) is 10.9 Å². The summed E-state index contributed by atoms with van der Waals surface area (Å²) in [5.74, 6) is -2.53. The minimum atomic E-state index is -3.65. The second-order valence-electron chi connectivity index (χ2n) is 5.86. The number of aromatic nitrogens is 1. The lowest BCUT2D eigenvalue weighted by Crippen LogP contribution is -2.25. The van der Waals surface area contributed by atoms with Crippen molar-refractivity contribution in [1.82, 2.24) is 4.57 Å². The summed E-state index contributed by atoms with van der Waals surface area (Å²) in [5, 5.41) is 10.5. The zero-order valence-electron chi connectivity index (χ0n) is 13.3. The molecule has 3 rings (SSSR count). The number of hydrogen-bond donors (Lipinski definition) is 1. The maximum Gasteiger partial charge on any atom is 0.307 e. The summed E-state index contributed by atoms with van der Waals surface area (Å²) in [5.41, 5.74) is 1.83. The van der Waals surface area contributed by atoms with Crippen molar-refractivity contribution in [2.24, 2.45) is 13.0 Å². The molecule has 1 N–H and O–H groups in total. The van der Waals surface area contributed by atoms with Gasteiger partial charge in [0.1, 0.15) is 4.21 Å². The maximum absolute atomic E-state index is 12.5. The van der Waals surface area contributed by atoms with Crippen molar-refractivity contribution < 1.29 is 18.3 Å². The van der Waals surface area contributed by atoms with E-state index < -0.39 is 27.5 Å². The zero-order valence-corrected chi connectivity index (χ0v) is 16.6. The number of fused-ring (bicyclic) bond motifs is 1. The molecule has 1 atom stereocenters. The average molecular weight is 442 g/mol. The zero-order chi connectivity index (χ0) is 18.2. The van der Waals surface area contributed by atoms with E-state index in [1.165, 1.54) is 6.07 Å². The van der Waals surface area contributed by atoms with Gasteiger partial charge in [-0.15, -0.1) is 11.3 Å². The number of sulfone groups is 1. The topological polar surface area (TPSA) is 76.4 Å². The summed E-state index contributed by atoms with van der Waals surface area (Å²) >= 11 is 4.33. The van der Waals surface area contributed by atoms with Gasteiger partial charge in [-0.3, -0.25) is 4.79 Å². The van der Waals surface area contributed by atoms with Crippen LogP contribution in [0.1, 0.15) is 5.56 Å². The van der Waals surface area contributed by atoms with Crippen LogP contribution in [0.2, 0.25) is 0 Å². The van der Waals surface area contributed by atoms with Gasteiger partial charge in [0.2, 0.25) is 0 Å². The van der Waals surface area contributed by atoms with Gasteiger partial charge in [0.15, 0.2) is 9.84 Å². The van der Waals surface area contributed by atoms with Gasteiger partial charge in [-0.2, -0.15) is 0 Å². The summed E-state index contributed by atoms with van der Waals surface area (Å²) in [7, 11) is -1.76. The normalized spacial score (nSPS) is 13.2. The van der Waals surface area contributed by atoms with Crippen molar-refractivity contribution in [2.45, 2.75) is 10.6 Å². The Bertz CT molecular complexity index is 1040. The number of benzene rings is 1. The molecule has 0 saturated heterocycles. The van der Waals surface area contributed by atoms with Gasteiger partial charge in [-0.1, -0.05) is 18.2 Å². The van der Waals surface area contributed by atoms with E-state index in [-0.39, 0.29) is 10.6 Å². The highest BCUT2D eigenvalue weighted by Crippen LogP contribution is 2.29. The molecule has 0 saturated carbocycles. The first kappa shape index (κ1) is 18.2. The molecule has 2 heterocycles. The fraction of sp³-hybridized carbons (Fsp3) is 0.235. The molecule has 1 aromatic carbocycles. The van der Waals surface area contributed by atoms with Crippen LogP contribution in [-0.4, -0.2) is 29.8 Å². The van der Waals surface area contributed by atoms with Crippen LogP contribution >= 0.6 is 27.3 Å². The molecule has 0 amide bonds. The summed E-state index contributed by atoms with van der Waals surface area (Å²) in [6, 6.07) is 10.8. The van der Waals surface area contributed by atoms with Crippen molar-refractivity contribution in [3.63, 3.8) is 0 Å². The highest BCUT2D eigenvalue weighted by atomic mass is 79.9. The molecule has 25 heavy (non-hydrogen) atoms. The number of thiophene rings is 1. The van der Waals surface area contributed by atoms with Crippen LogP contribution in [0.5, 0.6) is 0 Å². The minimum Gasteiger partial charge on any atom is -0.481 e. The summed E-state index contributed by atoms with van der Waals surface area (Å²) in [6.07, 6.45) is 2.04. The molecule has 0 bridgehead atoms. The van der Waals surface area contributed by atoms with Gasteiger partial charge in [0.25, 0.3) is 0 Å². The molecule has 0 aliphatic carbocycles. The van der Waals surface area contributed by atoms with Crippen molar-refractivity contribution in [1.29, 1.82) is 0 Å². The van der Waals surface area contributed by atoms with Gasteiger partial charge in [-0.25, -0.2) is 8.42 Å². The first-order valence-corrected chi connectivity index (χ1v) is 10.8. The Kier molecular flexibility index (Phi) is 5.04. The third kappa shape index (κ3) is 3.80. The maximum atomic E-state index is 12.5. The van der Waals surface area contributed by atoms with Gasteiger partial charge in [-0.05, 0) is 46.1 Å². The van der Waals surface area contributed by atoms with Gasteiger partial charge in [0, 0.05) is 24.1 Å². The van der Waals surface area contributed by atoms with Crippen LogP contribution in [0.3, 0.4) is 0 Å². The standard InChI is InChI=1S/C17H16BrNO4S2/c1-19-9-11(13-4-2-3-5-14(13)19)8-12(17(20)21)10-25(22,23)16-7-6-15(18)24-16/h2-7,9,12H,8,10H2,1H3,(H,20,21)/t12-/m0/s1. The van der Waals surface area contributed by atoms with Crippen LogP contribution in [0.4, 0.5) is 0 Å². The highest BCUT2D eigenvalue weighted by Gasteiger charge is 2.28. The fourth-order valence-corrected chi connectivity index (χ4v) is 6.54. The molecule has 0 radical (unpaired) electrons. The molecule has 0 aliphatic rings.